The van der Waals surface area contributed by atoms with Crippen LogP contribution < -0.4 is 5.32 Å². The van der Waals surface area contributed by atoms with Gasteiger partial charge in [-0.15, -0.1) is 0 Å². The Kier molecular flexibility index (Phi) is 1.91. The fourth-order valence-corrected chi connectivity index (χ4v) is 1.81. The molecular weight excluding hydrogens is 162 g/mol. The smallest absolute Gasteiger partial charge is 0.0661 e. The third-order valence-electron chi connectivity index (χ3n) is 2.89. The van der Waals surface area contributed by atoms with Gasteiger partial charge in [0.1, 0.15) is 0 Å². The van der Waals surface area contributed by atoms with Crippen molar-refractivity contribution in [2.24, 2.45) is 5.41 Å². The van der Waals surface area contributed by atoms with Crippen molar-refractivity contribution in [1.29, 1.82) is 0 Å². The molecule has 2 rings (SSSR count). The summed E-state index contributed by atoms with van der Waals surface area (Å²) in [5.41, 5.74) is 2.89. The zero-order chi connectivity index (χ0) is 9.47. The maximum absolute atomic E-state index is 4.33. The predicted molar refractivity (Wildman–Crippen MR) is 52.5 cm³/mol. The standard InChI is InChI=1S/C10H17N3/c1-10(2)5-8(10)9-4-7(6-11-3)12-13-9/h4,8,11H,5-6H2,1-3H3,(H,12,13). The van der Waals surface area contributed by atoms with Crippen LogP contribution >= 0.6 is 0 Å². The van der Waals surface area contributed by atoms with E-state index in [1.165, 1.54) is 17.8 Å². The fourth-order valence-electron chi connectivity index (χ4n) is 1.81. The van der Waals surface area contributed by atoms with Gasteiger partial charge in [0.05, 0.1) is 5.69 Å². The number of nitrogens with zero attached hydrogens (tertiary/aromatic N) is 1. The van der Waals surface area contributed by atoms with Gasteiger partial charge in [-0.25, -0.2) is 0 Å². The van der Waals surface area contributed by atoms with Crippen LogP contribution in [-0.2, 0) is 6.54 Å². The molecule has 1 aromatic heterocycles. The lowest BCUT2D eigenvalue weighted by atomic mass is 10.1. The topological polar surface area (TPSA) is 40.7 Å². The first-order valence-corrected chi connectivity index (χ1v) is 4.82. The molecule has 0 radical (unpaired) electrons. The zero-order valence-electron chi connectivity index (χ0n) is 8.52. The van der Waals surface area contributed by atoms with Gasteiger partial charge in [-0.1, -0.05) is 13.8 Å². The Labute approximate surface area is 78.9 Å². The summed E-state index contributed by atoms with van der Waals surface area (Å²) in [6, 6.07) is 2.18. The van der Waals surface area contributed by atoms with E-state index >= 15 is 0 Å². The quantitative estimate of drug-likeness (QED) is 0.740. The van der Waals surface area contributed by atoms with Crippen molar-refractivity contribution < 1.29 is 0 Å². The molecule has 0 aromatic carbocycles. The van der Waals surface area contributed by atoms with Crippen LogP contribution in [0, 0.1) is 5.41 Å². The van der Waals surface area contributed by atoms with E-state index in [1.807, 2.05) is 7.05 Å². The molecule has 0 amide bonds. The molecule has 0 bridgehead atoms. The Hall–Kier alpha value is -0.830. The molecule has 3 nitrogen and oxygen atoms in total. The summed E-state index contributed by atoms with van der Waals surface area (Å²) in [7, 11) is 1.95. The second-order valence-electron chi connectivity index (χ2n) is 4.59. The maximum atomic E-state index is 4.33. The van der Waals surface area contributed by atoms with E-state index in [1.54, 1.807) is 0 Å². The van der Waals surface area contributed by atoms with Crippen molar-refractivity contribution in [3.05, 3.63) is 17.5 Å². The molecule has 1 fully saturated rings. The van der Waals surface area contributed by atoms with Crippen LogP contribution in [0.2, 0.25) is 0 Å². The van der Waals surface area contributed by atoms with E-state index in [4.69, 9.17) is 0 Å². The first-order valence-electron chi connectivity index (χ1n) is 4.82. The number of aromatic nitrogens is 2. The summed E-state index contributed by atoms with van der Waals surface area (Å²) in [6.45, 7) is 5.47. The molecule has 0 spiro atoms. The Morgan fingerprint density at radius 3 is 2.92 bits per heavy atom. The van der Waals surface area contributed by atoms with Crippen LogP contribution in [0.3, 0.4) is 0 Å². The predicted octanol–water partition coefficient (Wildman–Crippen LogP) is 1.64. The van der Waals surface area contributed by atoms with Crippen LogP contribution in [0.25, 0.3) is 0 Å². The minimum Gasteiger partial charge on any atom is -0.314 e. The normalized spacial score (nSPS) is 24.7. The lowest BCUT2D eigenvalue weighted by molar-refractivity contribution is 0.615. The minimum atomic E-state index is 0.478. The van der Waals surface area contributed by atoms with E-state index < -0.39 is 0 Å². The molecule has 1 aliphatic carbocycles. The number of hydrogen-bond acceptors (Lipinski definition) is 2. The first-order chi connectivity index (χ1) is 6.13. The second-order valence-corrected chi connectivity index (χ2v) is 4.59. The van der Waals surface area contributed by atoms with Crippen molar-refractivity contribution in [3.63, 3.8) is 0 Å². The summed E-state index contributed by atoms with van der Waals surface area (Å²) in [5.74, 6) is 0.675. The summed E-state index contributed by atoms with van der Waals surface area (Å²) >= 11 is 0. The molecule has 13 heavy (non-hydrogen) atoms. The average Bonchev–Trinajstić information content (AvgIpc) is 2.52. The second kappa shape index (κ2) is 2.84. The van der Waals surface area contributed by atoms with Crippen molar-refractivity contribution >= 4 is 0 Å². The van der Waals surface area contributed by atoms with Crippen molar-refractivity contribution in [3.8, 4) is 0 Å². The van der Waals surface area contributed by atoms with E-state index in [0.29, 0.717) is 11.3 Å². The van der Waals surface area contributed by atoms with Gasteiger partial charge < -0.3 is 5.32 Å². The largest absolute Gasteiger partial charge is 0.314 e. The Morgan fingerprint density at radius 1 is 1.69 bits per heavy atom. The van der Waals surface area contributed by atoms with Gasteiger partial charge in [0, 0.05) is 18.2 Å². The Balaban J connectivity index is 2.07. The third kappa shape index (κ3) is 1.61. The van der Waals surface area contributed by atoms with Gasteiger partial charge in [0.15, 0.2) is 0 Å². The SMILES string of the molecule is CNCc1cc(C2CC2(C)C)n[nH]1. The monoisotopic (exact) mass is 179 g/mol. The maximum Gasteiger partial charge on any atom is 0.0661 e. The molecule has 0 aliphatic heterocycles. The average molecular weight is 179 g/mol. The number of hydrogen-bond donors (Lipinski definition) is 2. The summed E-state index contributed by atoms with van der Waals surface area (Å²) in [4.78, 5) is 0. The highest BCUT2D eigenvalue weighted by molar-refractivity contribution is 5.23. The fraction of sp³-hybridized carbons (Fsp3) is 0.700. The van der Waals surface area contributed by atoms with E-state index in [0.717, 1.165) is 6.54 Å². The lowest BCUT2D eigenvalue weighted by Crippen LogP contribution is -2.04. The van der Waals surface area contributed by atoms with Gasteiger partial charge in [-0.3, -0.25) is 5.10 Å². The number of H-pyrrole nitrogens is 1. The molecule has 1 aliphatic rings. The van der Waals surface area contributed by atoms with Crippen LogP contribution in [0.15, 0.2) is 6.07 Å². The molecule has 3 heteroatoms. The van der Waals surface area contributed by atoms with E-state index in [-0.39, 0.29) is 0 Å². The molecule has 72 valence electrons. The van der Waals surface area contributed by atoms with Crippen LogP contribution in [-0.4, -0.2) is 17.2 Å². The summed E-state index contributed by atoms with van der Waals surface area (Å²) in [6.07, 6.45) is 1.27. The molecule has 1 aromatic rings. The summed E-state index contributed by atoms with van der Waals surface area (Å²) < 4.78 is 0. The number of rotatable bonds is 3. The van der Waals surface area contributed by atoms with Crippen molar-refractivity contribution in [1.82, 2.24) is 15.5 Å². The molecule has 2 N–H and O–H groups in total. The molecule has 1 atom stereocenters. The van der Waals surface area contributed by atoms with Crippen LogP contribution in [0.1, 0.15) is 37.6 Å². The molecule has 1 saturated carbocycles. The van der Waals surface area contributed by atoms with Gasteiger partial charge in [0.25, 0.3) is 0 Å². The van der Waals surface area contributed by atoms with E-state index in [9.17, 15) is 0 Å². The molecular formula is C10H17N3. The highest BCUT2D eigenvalue weighted by Gasteiger charge is 2.47. The third-order valence-corrected chi connectivity index (χ3v) is 2.89. The Morgan fingerprint density at radius 2 is 2.38 bits per heavy atom. The van der Waals surface area contributed by atoms with Gasteiger partial charge in [0.2, 0.25) is 0 Å². The molecule has 1 heterocycles. The first kappa shape index (κ1) is 8.75. The summed E-state index contributed by atoms with van der Waals surface area (Å²) in [5, 5.41) is 10.5. The Bertz CT molecular complexity index is 301. The highest BCUT2D eigenvalue weighted by Crippen LogP contribution is 2.57. The van der Waals surface area contributed by atoms with Gasteiger partial charge in [-0.05, 0) is 24.9 Å². The lowest BCUT2D eigenvalue weighted by Gasteiger charge is -1.97. The van der Waals surface area contributed by atoms with E-state index in [2.05, 4.69) is 35.4 Å². The molecule has 0 saturated heterocycles. The minimum absolute atomic E-state index is 0.478. The molecule has 1 unspecified atom stereocenters. The van der Waals surface area contributed by atoms with Crippen molar-refractivity contribution in [2.45, 2.75) is 32.7 Å². The van der Waals surface area contributed by atoms with Gasteiger partial charge in [-0.2, -0.15) is 5.10 Å². The zero-order valence-corrected chi connectivity index (χ0v) is 8.52. The van der Waals surface area contributed by atoms with Gasteiger partial charge >= 0.3 is 0 Å². The number of aromatic amines is 1. The van der Waals surface area contributed by atoms with Crippen LogP contribution in [0.5, 0.6) is 0 Å². The van der Waals surface area contributed by atoms with Crippen molar-refractivity contribution in [2.75, 3.05) is 7.05 Å². The number of nitrogens with one attached hydrogen (secondary N) is 2. The highest BCUT2D eigenvalue weighted by atomic mass is 15.1. The van der Waals surface area contributed by atoms with Crippen LogP contribution in [0.4, 0.5) is 0 Å².